The van der Waals surface area contributed by atoms with Gasteiger partial charge in [-0.2, -0.15) is 0 Å². The van der Waals surface area contributed by atoms with E-state index < -0.39 is 0 Å². The molecular weight excluding hydrogens is 352 g/mol. The van der Waals surface area contributed by atoms with Crippen molar-refractivity contribution >= 4 is 43.2 Å². The van der Waals surface area contributed by atoms with Gasteiger partial charge in [-0.1, -0.05) is 0 Å². The van der Waals surface area contributed by atoms with Gasteiger partial charge in [0.2, 0.25) is 0 Å². The summed E-state index contributed by atoms with van der Waals surface area (Å²) in [5.41, 5.74) is 7.05. The molecule has 0 fully saturated rings. The molecular formula is C11H10Br2N2S. The summed E-state index contributed by atoms with van der Waals surface area (Å²) >= 11 is 8.62. The molecule has 0 radical (unpaired) electrons. The summed E-state index contributed by atoms with van der Waals surface area (Å²) in [6.45, 7) is 0. The van der Waals surface area contributed by atoms with Gasteiger partial charge >= 0.3 is 0 Å². The maximum atomic E-state index is 6.14. The highest BCUT2D eigenvalue weighted by molar-refractivity contribution is 9.11. The maximum Gasteiger partial charge on any atom is 0.0716 e. The molecule has 2 aromatic rings. The molecule has 2 N–H and O–H groups in total. The Morgan fingerprint density at radius 2 is 2.12 bits per heavy atom. The van der Waals surface area contributed by atoms with Crippen LogP contribution in [0.25, 0.3) is 0 Å². The highest BCUT2D eigenvalue weighted by Gasteiger charge is 2.12. The molecule has 0 aliphatic heterocycles. The van der Waals surface area contributed by atoms with E-state index in [1.807, 2.05) is 18.2 Å². The van der Waals surface area contributed by atoms with Gasteiger partial charge in [-0.05, 0) is 56.1 Å². The monoisotopic (exact) mass is 360 g/mol. The Morgan fingerprint density at radius 1 is 1.31 bits per heavy atom. The van der Waals surface area contributed by atoms with Crippen LogP contribution in [0.2, 0.25) is 0 Å². The van der Waals surface area contributed by atoms with Crippen molar-refractivity contribution in [2.75, 3.05) is 0 Å². The summed E-state index contributed by atoms with van der Waals surface area (Å²) in [6, 6.07) is 7.92. The summed E-state index contributed by atoms with van der Waals surface area (Å²) in [5.74, 6) is 0. The van der Waals surface area contributed by atoms with Gasteiger partial charge in [-0.3, -0.25) is 4.98 Å². The van der Waals surface area contributed by atoms with Crippen LogP contribution >= 0.6 is 43.2 Å². The van der Waals surface area contributed by atoms with Crippen LogP contribution in [0.15, 0.2) is 38.7 Å². The zero-order valence-corrected chi connectivity index (χ0v) is 12.3. The smallest absolute Gasteiger partial charge is 0.0716 e. The van der Waals surface area contributed by atoms with Gasteiger partial charge in [0.25, 0.3) is 0 Å². The first kappa shape index (κ1) is 12.2. The van der Waals surface area contributed by atoms with Gasteiger partial charge in [0.05, 0.1) is 15.5 Å². The van der Waals surface area contributed by atoms with Crippen molar-refractivity contribution in [2.45, 2.75) is 12.5 Å². The summed E-state index contributed by atoms with van der Waals surface area (Å²) in [5, 5.41) is 0. The molecule has 0 saturated carbocycles. The number of aromatic nitrogens is 1. The Balaban J connectivity index is 2.14. The average Bonchev–Trinajstić information content (AvgIpc) is 2.64. The van der Waals surface area contributed by atoms with E-state index >= 15 is 0 Å². The average molecular weight is 362 g/mol. The second kappa shape index (κ2) is 5.40. The van der Waals surface area contributed by atoms with Crippen molar-refractivity contribution in [2.24, 2.45) is 5.73 Å². The number of halogens is 2. The Morgan fingerprint density at radius 3 is 2.75 bits per heavy atom. The first-order valence-electron chi connectivity index (χ1n) is 4.77. The number of nitrogens with zero attached hydrogens (tertiary/aromatic N) is 1. The van der Waals surface area contributed by atoms with E-state index in [0.717, 1.165) is 20.4 Å². The molecule has 0 amide bonds. The standard InChI is InChI=1S/C11H10Br2N2S/c12-8-2-1-5-15-11(8)9(14)6-7-3-4-10(13)16-7/h1-5,9H,6,14H2. The first-order valence-corrected chi connectivity index (χ1v) is 7.17. The van der Waals surface area contributed by atoms with E-state index in [0.29, 0.717) is 0 Å². The Labute approximate surface area is 115 Å². The quantitative estimate of drug-likeness (QED) is 0.899. The van der Waals surface area contributed by atoms with Gasteiger partial charge in [-0.25, -0.2) is 0 Å². The second-order valence-corrected chi connectivity index (χ2v) is 6.79. The third kappa shape index (κ3) is 2.91. The van der Waals surface area contributed by atoms with Gasteiger partial charge in [-0.15, -0.1) is 11.3 Å². The minimum Gasteiger partial charge on any atom is -0.322 e. The second-order valence-electron chi connectivity index (χ2n) is 3.39. The molecule has 5 heteroatoms. The number of pyridine rings is 1. The van der Waals surface area contributed by atoms with Gasteiger partial charge < -0.3 is 5.73 Å². The van der Waals surface area contributed by atoms with Crippen LogP contribution in [0.5, 0.6) is 0 Å². The third-order valence-electron chi connectivity index (χ3n) is 2.19. The van der Waals surface area contributed by atoms with E-state index in [4.69, 9.17) is 5.73 Å². The zero-order chi connectivity index (χ0) is 11.5. The molecule has 0 aliphatic carbocycles. The number of hydrogen-bond acceptors (Lipinski definition) is 3. The summed E-state index contributed by atoms with van der Waals surface area (Å²) in [4.78, 5) is 5.56. The molecule has 2 rings (SSSR count). The largest absolute Gasteiger partial charge is 0.322 e. The van der Waals surface area contributed by atoms with Crippen molar-refractivity contribution in [1.82, 2.24) is 4.98 Å². The van der Waals surface area contributed by atoms with E-state index in [9.17, 15) is 0 Å². The minimum absolute atomic E-state index is 0.0684. The van der Waals surface area contributed by atoms with Crippen molar-refractivity contribution < 1.29 is 0 Å². The maximum absolute atomic E-state index is 6.14. The summed E-state index contributed by atoms with van der Waals surface area (Å²) in [7, 11) is 0. The van der Waals surface area contributed by atoms with Crippen LogP contribution in [0.4, 0.5) is 0 Å². The van der Waals surface area contributed by atoms with Gasteiger partial charge in [0, 0.05) is 22.0 Å². The van der Waals surface area contributed by atoms with Crippen molar-refractivity contribution in [1.29, 1.82) is 0 Å². The predicted octanol–water partition coefficient (Wildman–Crippen LogP) is 3.91. The SMILES string of the molecule is NC(Cc1ccc(Br)s1)c1ncccc1Br. The Hall–Kier alpha value is -0.230. The fraction of sp³-hybridized carbons (Fsp3) is 0.182. The zero-order valence-electron chi connectivity index (χ0n) is 8.36. The van der Waals surface area contributed by atoms with Crippen molar-refractivity contribution in [3.05, 3.63) is 49.3 Å². The van der Waals surface area contributed by atoms with E-state index in [1.165, 1.54) is 4.88 Å². The predicted molar refractivity (Wildman–Crippen MR) is 74.6 cm³/mol. The molecule has 2 aromatic heterocycles. The molecule has 16 heavy (non-hydrogen) atoms. The van der Waals surface area contributed by atoms with Gasteiger partial charge in [0.15, 0.2) is 0 Å². The summed E-state index contributed by atoms with van der Waals surface area (Å²) < 4.78 is 2.10. The lowest BCUT2D eigenvalue weighted by Crippen LogP contribution is -2.14. The molecule has 0 bridgehead atoms. The molecule has 0 aliphatic rings. The minimum atomic E-state index is -0.0684. The lowest BCUT2D eigenvalue weighted by molar-refractivity contribution is 0.699. The van der Waals surface area contributed by atoms with Crippen LogP contribution in [-0.4, -0.2) is 4.98 Å². The van der Waals surface area contributed by atoms with Crippen LogP contribution in [0.1, 0.15) is 16.6 Å². The van der Waals surface area contributed by atoms with Crippen LogP contribution in [-0.2, 0) is 6.42 Å². The molecule has 0 saturated heterocycles. The van der Waals surface area contributed by atoms with E-state index in [-0.39, 0.29) is 6.04 Å². The van der Waals surface area contributed by atoms with Crippen LogP contribution in [0, 0.1) is 0 Å². The lowest BCUT2D eigenvalue weighted by Gasteiger charge is -2.11. The molecule has 1 atom stereocenters. The molecule has 0 aromatic carbocycles. The van der Waals surface area contributed by atoms with Crippen molar-refractivity contribution in [3.63, 3.8) is 0 Å². The van der Waals surface area contributed by atoms with Gasteiger partial charge in [0.1, 0.15) is 0 Å². The van der Waals surface area contributed by atoms with Crippen molar-refractivity contribution in [3.8, 4) is 0 Å². The topological polar surface area (TPSA) is 38.9 Å². The summed E-state index contributed by atoms with van der Waals surface area (Å²) in [6.07, 6.45) is 2.58. The molecule has 1 unspecified atom stereocenters. The molecule has 2 heterocycles. The fourth-order valence-corrected chi connectivity index (χ4v) is 3.54. The highest BCUT2D eigenvalue weighted by Crippen LogP contribution is 2.27. The van der Waals surface area contributed by atoms with Crippen LogP contribution in [0.3, 0.4) is 0 Å². The first-order chi connectivity index (χ1) is 7.66. The number of rotatable bonds is 3. The highest BCUT2D eigenvalue weighted by atomic mass is 79.9. The molecule has 0 spiro atoms. The Bertz CT molecular complexity index is 484. The fourth-order valence-electron chi connectivity index (χ4n) is 1.45. The van der Waals surface area contributed by atoms with Crippen LogP contribution < -0.4 is 5.73 Å². The lowest BCUT2D eigenvalue weighted by atomic mass is 10.1. The number of thiophene rings is 1. The molecule has 2 nitrogen and oxygen atoms in total. The number of hydrogen-bond donors (Lipinski definition) is 1. The van der Waals surface area contributed by atoms with E-state index in [2.05, 4.69) is 42.9 Å². The normalized spacial score (nSPS) is 12.7. The Kier molecular flexibility index (Phi) is 4.13. The third-order valence-corrected chi connectivity index (χ3v) is 4.50. The molecule has 84 valence electrons. The van der Waals surface area contributed by atoms with E-state index in [1.54, 1.807) is 17.5 Å². The number of nitrogens with two attached hydrogens (primary N) is 1.